The van der Waals surface area contributed by atoms with Crippen molar-refractivity contribution in [3.05, 3.63) is 76.4 Å². The van der Waals surface area contributed by atoms with Gasteiger partial charge in [-0.15, -0.1) is 0 Å². The van der Waals surface area contributed by atoms with Gasteiger partial charge in [0.25, 0.3) is 15.9 Å². The summed E-state index contributed by atoms with van der Waals surface area (Å²) in [6.07, 6.45) is 1.29. The van der Waals surface area contributed by atoms with Crippen LogP contribution in [0.25, 0.3) is 0 Å². The summed E-state index contributed by atoms with van der Waals surface area (Å²) in [5.74, 6) is -0.951. The normalized spacial score (nSPS) is 10.9. The van der Waals surface area contributed by atoms with Gasteiger partial charge in [0, 0.05) is 11.9 Å². The zero-order valence-electron chi connectivity index (χ0n) is 17.0. The summed E-state index contributed by atoms with van der Waals surface area (Å²) in [5, 5.41) is 2.79. The Morgan fingerprint density at radius 2 is 1.79 bits per heavy atom. The highest BCUT2D eigenvalue weighted by atomic mass is 35.5. The van der Waals surface area contributed by atoms with Crippen molar-refractivity contribution in [1.82, 2.24) is 4.98 Å². The van der Waals surface area contributed by atoms with E-state index in [1.807, 2.05) is 0 Å². The molecule has 0 aliphatic heterocycles. The van der Waals surface area contributed by atoms with E-state index in [0.717, 1.165) is 6.07 Å². The summed E-state index contributed by atoms with van der Waals surface area (Å²) in [7, 11) is -2.48. The first-order valence-corrected chi connectivity index (χ1v) is 11.5. The molecule has 0 spiro atoms. The maximum absolute atomic E-state index is 12.7. The van der Waals surface area contributed by atoms with Crippen molar-refractivity contribution in [2.45, 2.75) is 4.90 Å². The molecule has 12 heteroatoms. The van der Waals surface area contributed by atoms with Crippen LogP contribution in [0, 0.1) is 0 Å². The number of ether oxygens (including phenoxy) is 2. The third kappa shape index (κ3) is 6.58. The first-order chi connectivity index (χ1) is 15.7. The minimum Gasteiger partial charge on any atom is -0.497 e. The monoisotopic (exact) mass is 509 g/mol. The molecule has 0 saturated carbocycles. The highest BCUT2D eigenvalue weighted by molar-refractivity contribution is 7.92. The van der Waals surface area contributed by atoms with E-state index in [9.17, 15) is 18.0 Å². The summed E-state index contributed by atoms with van der Waals surface area (Å²) in [5.41, 5.74) is 0.262. The van der Waals surface area contributed by atoms with Crippen molar-refractivity contribution < 1.29 is 27.5 Å². The second-order valence-corrected chi connectivity index (χ2v) is 9.00. The van der Waals surface area contributed by atoms with E-state index in [4.69, 9.17) is 32.7 Å². The lowest BCUT2D eigenvalue weighted by molar-refractivity contribution is -0.119. The summed E-state index contributed by atoms with van der Waals surface area (Å²) in [4.78, 5) is 28.1. The molecule has 3 aromatic rings. The first-order valence-electron chi connectivity index (χ1n) is 9.23. The predicted octanol–water partition coefficient (Wildman–Crippen LogP) is 3.99. The molecule has 3 rings (SSSR count). The molecule has 0 unspecified atom stereocenters. The van der Waals surface area contributed by atoms with E-state index in [1.54, 1.807) is 12.1 Å². The van der Waals surface area contributed by atoms with Crippen LogP contribution >= 0.6 is 23.2 Å². The van der Waals surface area contributed by atoms with E-state index >= 15 is 0 Å². The maximum atomic E-state index is 12.7. The molecule has 0 fully saturated rings. The fourth-order valence-electron chi connectivity index (χ4n) is 2.55. The lowest BCUT2D eigenvalue weighted by atomic mass is 10.2. The van der Waals surface area contributed by atoms with E-state index in [0.29, 0.717) is 16.5 Å². The zero-order chi connectivity index (χ0) is 24.0. The van der Waals surface area contributed by atoms with Gasteiger partial charge in [-0.2, -0.15) is 0 Å². The van der Waals surface area contributed by atoms with Gasteiger partial charge >= 0.3 is 5.97 Å². The molecule has 0 radical (unpaired) electrons. The lowest BCUT2D eigenvalue weighted by Gasteiger charge is -2.10. The van der Waals surface area contributed by atoms with Gasteiger partial charge in [0.2, 0.25) is 0 Å². The Hall–Kier alpha value is -3.34. The number of benzene rings is 2. The third-order valence-electron chi connectivity index (χ3n) is 4.12. The SMILES string of the molecule is COc1ccc(NS(=O)(=O)c2cccc(C(=O)OCC(=O)Nc3ncc(Cl)cc3Cl)c2)cc1. The number of anilines is 2. The Balaban J connectivity index is 1.64. The Kier molecular flexibility index (Phi) is 7.75. The van der Waals surface area contributed by atoms with Crippen LogP contribution in [0.3, 0.4) is 0 Å². The number of aromatic nitrogens is 1. The van der Waals surface area contributed by atoms with Crippen LogP contribution in [0.15, 0.2) is 65.7 Å². The molecule has 0 saturated heterocycles. The molecule has 33 heavy (non-hydrogen) atoms. The molecular formula is C21H17Cl2N3O6S. The summed E-state index contributed by atoms with van der Waals surface area (Å²) < 4.78 is 37.7. The Morgan fingerprint density at radius 1 is 1.06 bits per heavy atom. The van der Waals surface area contributed by atoms with Crippen LogP contribution < -0.4 is 14.8 Å². The molecule has 172 valence electrons. The number of nitrogens with zero attached hydrogens (tertiary/aromatic N) is 1. The standard InChI is InChI=1S/C21H17Cl2N3O6S/c1-31-16-7-5-15(6-8-16)26-33(29,30)17-4-2-3-13(9-17)21(28)32-12-19(27)25-20-18(23)10-14(22)11-24-20/h2-11,26H,12H2,1H3,(H,24,25,27). The molecule has 2 aromatic carbocycles. The number of pyridine rings is 1. The van der Waals surface area contributed by atoms with Crippen LogP contribution in [0.4, 0.5) is 11.5 Å². The fourth-order valence-corrected chi connectivity index (χ4v) is 4.08. The first kappa shape index (κ1) is 24.3. The van der Waals surface area contributed by atoms with Gasteiger partial charge in [-0.3, -0.25) is 9.52 Å². The zero-order valence-corrected chi connectivity index (χ0v) is 19.4. The molecule has 2 N–H and O–H groups in total. The predicted molar refractivity (Wildman–Crippen MR) is 123 cm³/mol. The van der Waals surface area contributed by atoms with Gasteiger partial charge in [0.05, 0.1) is 27.6 Å². The number of carbonyl (C=O) groups is 2. The number of sulfonamides is 1. The van der Waals surface area contributed by atoms with Crippen molar-refractivity contribution in [2.75, 3.05) is 23.8 Å². The number of halogens is 2. The largest absolute Gasteiger partial charge is 0.497 e. The number of methoxy groups -OCH3 is 1. The molecule has 0 atom stereocenters. The fraction of sp³-hybridized carbons (Fsp3) is 0.0952. The minimum absolute atomic E-state index is 0.0527. The number of nitrogens with one attached hydrogen (secondary N) is 2. The molecule has 9 nitrogen and oxygen atoms in total. The molecule has 1 heterocycles. The highest BCUT2D eigenvalue weighted by Crippen LogP contribution is 2.23. The number of rotatable bonds is 8. The Labute approximate surface area is 199 Å². The third-order valence-corrected chi connectivity index (χ3v) is 6.00. The number of hydrogen-bond acceptors (Lipinski definition) is 7. The minimum atomic E-state index is -3.98. The number of carbonyl (C=O) groups excluding carboxylic acids is 2. The summed E-state index contributed by atoms with van der Waals surface area (Å²) in [6, 6.07) is 12.9. The van der Waals surface area contributed by atoms with Crippen LogP contribution in [-0.2, 0) is 19.6 Å². The number of esters is 1. The molecule has 0 aliphatic rings. The van der Waals surface area contributed by atoms with Crippen LogP contribution in [0.5, 0.6) is 5.75 Å². The van der Waals surface area contributed by atoms with E-state index in [1.165, 1.54) is 49.7 Å². The van der Waals surface area contributed by atoms with Gasteiger partial charge in [0.1, 0.15) is 5.75 Å². The van der Waals surface area contributed by atoms with Crippen LogP contribution in [0.2, 0.25) is 10.0 Å². The quantitative estimate of drug-likeness (QED) is 0.439. The van der Waals surface area contributed by atoms with Crippen LogP contribution in [0.1, 0.15) is 10.4 Å². The lowest BCUT2D eigenvalue weighted by Crippen LogP contribution is -2.22. The number of hydrogen-bond donors (Lipinski definition) is 2. The van der Waals surface area contributed by atoms with Gasteiger partial charge in [-0.1, -0.05) is 29.3 Å². The van der Waals surface area contributed by atoms with Crippen molar-refractivity contribution in [2.24, 2.45) is 0 Å². The number of amides is 1. The second kappa shape index (κ2) is 10.5. The van der Waals surface area contributed by atoms with Gasteiger partial charge < -0.3 is 14.8 Å². The molecule has 1 aromatic heterocycles. The summed E-state index contributed by atoms with van der Waals surface area (Å²) in [6.45, 7) is -0.638. The molecular weight excluding hydrogens is 493 g/mol. The van der Waals surface area contributed by atoms with Crippen molar-refractivity contribution in [3.63, 3.8) is 0 Å². The smallest absolute Gasteiger partial charge is 0.338 e. The Bertz CT molecular complexity index is 1280. The van der Waals surface area contributed by atoms with E-state index < -0.39 is 28.5 Å². The Morgan fingerprint density at radius 3 is 2.45 bits per heavy atom. The van der Waals surface area contributed by atoms with Gasteiger partial charge in [-0.25, -0.2) is 18.2 Å². The molecule has 0 bridgehead atoms. The average molecular weight is 510 g/mol. The summed E-state index contributed by atoms with van der Waals surface area (Å²) >= 11 is 11.7. The second-order valence-electron chi connectivity index (χ2n) is 6.47. The van der Waals surface area contributed by atoms with Crippen molar-refractivity contribution in [1.29, 1.82) is 0 Å². The van der Waals surface area contributed by atoms with Gasteiger partial charge in [0.15, 0.2) is 12.4 Å². The van der Waals surface area contributed by atoms with Crippen molar-refractivity contribution in [3.8, 4) is 5.75 Å². The highest BCUT2D eigenvalue weighted by Gasteiger charge is 2.18. The van der Waals surface area contributed by atoms with Crippen molar-refractivity contribution >= 4 is 56.6 Å². The topological polar surface area (TPSA) is 124 Å². The van der Waals surface area contributed by atoms with Gasteiger partial charge in [-0.05, 0) is 48.5 Å². The van der Waals surface area contributed by atoms with Crippen LogP contribution in [-0.4, -0.2) is 39.0 Å². The maximum Gasteiger partial charge on any atom is 0.338 e. The molecule has 0 aliphatic carbocycles. The molecule has 1 amide bonds. The van der Waals surface area contributed by atoms with E-state index in [2.05, 4.69) is 15.0 Å². The average Bonchev–Trinajstić information content (AvgIpc) is 2.79. The van der Waals surface area contributed by atoms with E-state index in [-0.39, 0.29) is 21.3 Å².